The number of nitrogens with one attached hydrogen (secondary N) is 1. The lowest BCUT2D eigenvalue weighted by molar-refractivity contribution is -0.0165. The molecule has 0 saturated heterocycles. The Balaban J connectivity index is 2.14. The molecule has 1 aliphatic rings. The van der Waals surface area contributed by atoms with Crippen LogP contribution in [0.5, 0.6) is 0 Å². The van der Waals surface area contributed by atoms with Crippen LogP contribution in [0.15, 0.2) is 0 Å². The van der Waals surface area contributed by atoms with Crippen molar-refractivity contribution in [2.24, 2.45) is 0 Å². The molecular weight excluding hydrogens is 250 g/mol. The van der Waals surface area contributed by atoms with Gasteiger partial charge in [-0.1, -0.05) is 46.0 Å². The second-order valence-electron chi connectivity index (χ2n) is 6.33. The number of ether oxygens (including phenoxy) is 1. The first-order valence-corrected chi connectivity index (χ1v) is 8.74. The summed E-state index contributed by atoms with van der Waals surface area (Å²) < 4.78 is 6.04. The van der Waals surface area contributed by atoms with Gasteiger partial charge < -0.3 is 15.2 Å². The molecule has 1 fully saturated rings. The van der Waals surface area contributed by atoms with Crippen LogP contribution < -0.4 is 5.32 Å². The molecule has 2 atom stereocenters. The average molecular weight is 285 g/mol. The minimum absolute atomic E-state index is 0.0845. The minimum atomic E-state index is -0.0845. The van der Waals surface area contributed by atoms with E-state index in [9.17, 15) is 5.11 Å². The molecule has 0 spiro atoms. The Bertz CT molecular complexity index is 231. The summed E-state index contributed by atoms with van der Waals surface area (Å²) in [5.41, 5.74) is -0.0845. The number of hydrogen-bond acceptors (Lipinski definition) is 3. The number of aliphatic hydroxyl groups excluding tert-OH is 1. The van der Waals surface area contributed by atoms with Gasteiger partial charge in [0.2, 0.25) is 0 Å². The number of rotatable bonds is 11. The summed E-state index contributed by atoms with van der Waals surface area (Å²) in [6.07, 6.45) is 12.6. The molecule has 0 amide bonds. The largest absolute Gasteiger partial charge is 0.394 e. The smallest absolute Gasteiger partial charge is 0.0614 e. The average Bonchev–Trinajstić information content (AvgIpc) is 2.47. The van der Waals surface area contributed by atoms with Gasteiger partial charge in [0.05, 0.1) is 12.7 Å². The van der Waals surface area contributed by atoms with Crippen molar-refractivity contribution in [3.05, 3.63) is 0 Å². The molecule has 0 aromatic carbocycles. The van der Waals surface area contributed by atoms with Crippen LogP contribution in [0, 0.1) is 0 Å². The van der Waals surface area contributed by atoms with Crippen LogP contribution >= 0.6 is 0 Å². The highest BCUT2D eigenvalue weighted by atomic mass is 16.5. The molecule has 0 radical (unpaired) electrons. The van der Waals surface area contributed by atoms with E-state index in [-0.39, 0.29) is 12.1 Å². The summed E-state index contributed by atoms with van der Waals surface area (Å²) in [6, 6.07) is 0. The van der Waals surface area contributed by atoms with Crippen LogP contribution in [-0.2, 0) is 4.74 Å². The Hall–Kier alpha value is -0.120. The summed E-state index contributed by atoms with van der Waals surface area (Å²) in [5.74, 6) is 0. The number of aliphatic hydroxyl groups is 1. The Kier molecular flexibility index (Phi) is 9.49. The predicted molar refractivity (Wildman–Crippen MR) is 85.1 cm³/mol. The van der Waals surface area contributed by atoms with Crippen LogP contribution in [0.1, 0.15) is 78.1 Å². The molecule has 1 rings (SSSR count). The van der Waals surface area contributed by atoms with Crippen molar-refractivity contribution in [1.82, 2.24) is 5.32 Å². The van der Waals surface area contributed by atoms with Crippen LogP contribution in [0.4, 0.5) is 0 Å². The molecule has 1 saturated carbocycles. The molecule has 20 heavy (non-hydrogen) atoms. The van der Waals surface area contributed by atoms with E-state index in [0.29, 0.717) is 6.10 Å². The van der Waals surface area contributed by atoms with Gasteiger partial charge in [-0.2, -0.15) is 0 Å². The van der Waals surface area contributed by atoms with E-state index in [2.05, 4.69) is 19.2 Å². The maximum absolute atomic E-state index is 9.66. The van der Waals surface area contributed by atoms with Crippen LogP contribution in [0.2, 0.25) is 0 Å². The first kappa shape index (κ1) is 17.9. The van der Waals surface area contributed by atoms with Gasteiger partial charge in [0.25, 0.3) is 0 Å². The fraction of sp³-hybridized carbons (Fsp3) is 1.00. The molecule has 0 heterocycles. The Morgan fingerprint density at radius 2 is 1.90 bits per heavy atom. The van der Waals surface area contributed by atoms with Crippen molar-refractivity contribution < 1.29 is 9.84 Å². The molecule has 0 aliphatic heterocycles. The highest BCUT2D eigenvalue weighted by Crippen LogP contribution is 2.30. The second kappa shape index (κ2) is 10.6. The standard InChI is InChI=1S/C17H35NO2/c1-3-5-6-7-8-9-13-20-16-11-10-12-17(14-16,15-19)18-4-2/h16,18-19H,3-15H2,1-2H3. The van der Waals surface area contributed by atoms with Gasteiger partial charge in [0.15, 0.2) is 0 Å². The molecule has 2 N–H and O–H groups in total. The highest BCUT2D eigenvalue weighted by Gasteiger charge is 2.35. The zero-order valence-electron chi connectivity index (χ0n) is 13.6. The maximum Gasteiger partial charge on any atom is 0.0614 e. The maximum atomic E-state index is 9.66. The first-order valence-electron chi connectivity index (χ1n) is 8.74. The van der Waals surface area contributed by atoms with E-state index in [1.165, 1.54) is 38.5 Å². The lowest BCUT2D eigenvalue weighted by Crippen LogP contribution is -2.53. The molecule has 120 valence electrons. The van der Waals surface area contributed by atoms with E-state index in [0.717, 1.165) is 38.8 Å². The van der Waals surface area contributed by atoms with E-state index < -0.39 is 0 Å². The topological polar surface area (TPSA) is 41.5 Å². The zero-order valence-corrected chi connectivity index (χ0v) is 13.6. The van der Waals surface area contributed by atoms with Gasteiger partial charge in [-0.3, -0.25) is 0 Å². The summed E-state index contributed by atoms with van der Waals surface area (Å²) in [5, 5.41) is 13.1. The monoisotopic (exact) mass is 285 g/mol. The second-order valence-corrected chi connectivity index (χ2v) is 6.33. The molecule has 2 unspecified atom stereocenters. The zero-order chi connectivity index (χ0) is 14.7. The predicted octanol–water partition coefficient (Wildman–Crippen LogP) is 3.65. The Labute approximate surface area is 125 Å². The fourth-order valence-corrected chi connectivity index (χ4v) is 3.32. The summed E-state index contributed by atoms with van der Waals surface area (Å²) in [4.78, 5) is 0. The number of likely N-dealkylation sites (N-methyl/N-ethyl adjacent to an activating group) is 1. The molecule has 0 aromatic rings. The summed E-state index contributed by atoms with van der Waals surface area (Å²) >= 11 is 0. The minimum Gasteiger partial charge on any atom is -0.394 e. The number of unbranched alkanes of at least 4 members (excludes halogenated alkanes) is 5. The highest BCUT2D eigenvalue weighted by molar-refractivity contribution is 4.93. The van der Waals surface area contributed by atoms with E-state index in [4.69, 9.17) is 4.74 Å². The summed E-state index contributed by atoms with van der Waals surface area (Å²) in [6.45, 7) is 6.41. The number of hydrogen-bond donors (Lipinski definition) is 2. The normalized spacial score (nSPS) is 26.9. The van der Waals surface area contributed by atoms with E-state index >= 15 is 0 Å². The van der Waals surface area contributed by atoms with Gasteiger partial charge in [-0.15, -0.1) is 0 Å². The van der Waals surface area contributed by atoms with E-state index in [1.54, 1.807) is 0 Å². The summed E-state index contributed by atoms with van der Waals surface area (Å²) in [7, 11) is 0. The van der Waals surface area contributed by atoms with Crippen molar-refractivity contribution in [2.75, 3.05) is 19.8 Å². The molecule has 1 aliphatic carbocycles. The SMILES string of the molecule is CCCCCCCCOC1CCCC(CO)(NCC)C1. The fourth-order valence-electron chi connectivity index (χ4n) is 3.32. The van der Waals surface area contributed by atoms with Crippen LogP contribution in [0.25, 0.3) is 0 Å². The van der Waals surface area contributed by atoms with Gasteiger partial charge in [0.1, 0.15) is 0 Å². The van der Waals surface area contributed by atoms with Crippen LogP contribution in [0.3, 0.4) is 0 Å². The molecule has 0 aromatic heterocycles. The van der Waals surface area contributed by atoms with Crippen molar-refractivity contribution in [3.63, 3.8) is 0 Å². The lowest BCUT2D eigenvalue weighted by atomic mass is 9.80. The van der Waals surface area contributed by atoms with Gasteiger partial charge >= 0.3 is 0 Å². The van der Waals surface area contributed by atoms with Crippen molar-refractivity contribution >= 4 is 0 Å². The molecular formula is C17H35NO2. The third-order valence-electron chi connectivity index (χ3n) is 4.51. The lowest BCUT2D eigenvalue weighted by Gasteiger charge is -2.40. The van der Waals surface area contributed by atoms with Crippen molar-refractivity contribution in [2.45, 2.75) is 89.7 Å². The van der Waals surface area contributed by atoms with Gasteiger partial charge in [-0.25, -0.2) is 0 Å². The molecule has 0 bridgehead atoms. The quantitative estimate of drug-likeness (QED) is 0.569. The molecule has 3 nitrogen and oxygen atoms in total. The van der Waals surface area contributed by atoms with Crippen LogP contribution in [-0.4, -0.2) is 36.5 Å². The van der Waals surface area contributed by atoms with Gasteiger partial charge in [-0.05, 0) is 38.6 Å². The third-order valence-corrected chi connectivity index (χ3v) is 4.51. The van der Waals surface area contributed by atoms with Gasteiger partial charge in [0, 0.05) is 12.1 Å². The first-order chi connectivity index (χ1) is 9.76. The van der Waals surface area contributed by atoms with Crippen molar-refractivity contribution in [3.8, 4) is 0 Å². The Morgan fingerprint density at radius 3 is 2.60 bits per heavy atom. The van der Waals surface area contributed by atoms with E-state index in [1.807, 2.05) is 0 Å². The Morgan fingerprint density at radius 1 is 1.15 bits per heavy atom. The third kappa shape index (κ3) is 6.55. The molecule has 3 heteroatoms. The van der Waals surface area contributed by atoms with Crippen molar-refractivity contribution in [1.29, 1.82) is 0 Å².